The van der Waals surface area contributed by atoms with Gasteiger partial charge < -0.3 is 14.8 Å². The highest BCUT2D eigenvalue weighted by Crippen LogP contribution is 2.28. The van der Waals surface area contributed by atoms with E-state index in [4.69, 9.17) is 9.47 Å². The van der Waals surface area contributed by atoms with Crippen LogP contribution < -0.4 is 14.8 Å². The number of ether oxygens (including phenoxy) is 2. The molecular weight excluding hydrogens is 390 g/mol. The van der Waals surface area contributed by atoms with Crippen LogP contribution in [0.2, 0.25) is 0 Å². The number of thiophene rings is 1. The minimum atomic E-state index is -0.103. The van der Waals surface area contributed by atoms with Crippen LogP contribution in [0.15, 0.2) is 34.1 Å². The summed E-state index contributed by atoms with van der Waals surface area (Å²) in [7, 11) is 0. The van der Waals surface area contributed by atoms with E-state index in [1.165, 1.54) is 4.88 Å². The normalized spacial score (nSPS) is 10.5. The van der Waals surface area contributed by atoms with E-state index >= 15 is 0 Å². The molecule has 0 aliphatic heterocycles. The molecule has 1 aromatic carbocycles. The molecule has 1 heterocycles. The lowest BCUT2D eigenvalue weighted by Gasteiger charge is -2.13. The first-order valence-corrected chi connectivity index (χ1v) is 9.67. The molecule has 1 aromatic heterocycles. The Hall–Kier alpha value is -1.53. The summed E-state index contributed by atoms with van der Waals surface area (Å²) < 4.78 is 12.4. The molecule has 1 N–H and O–H groups in total. The highest BCUT2D eigenvalue weighted by atomic mass is 79.9. The van der Waals surface area contributed by atoms with Gasteiger partial charge in [-0.05, 0) is 66.0 Å². The van der Waals surface area contributed by atoms with Crippen LogP contribution in [-0.2, 0) is 6.42 Å². The monoisotopic (exact) mass is 411 g/mol. The number of carbonyl (C=O) groups is 1. The van der Waals surface area contributed by atoms with E-state index in [9.17, 15) is 4.79 Å². The maximum atomic E-state index is 12.3. The molecule has 1 amide bonds. The Morgan fingerprint density at radius 2 is 2.00 bits per heavy atom. The summed E-state index contributed by atoms with van der Waals surface area (Å²) in [4.78, 5) is 13.5. The Kier molecular flexibility index (Phi) is 7.59. The second kappa shape index (κ2) is 9.69. The SMILES string of the molecule is CCCOc1ccc(C(=O)NCCc2ccc(Br)s2)cc1OCC. The quantitative estimate of drug-likeness (QED) is 0.651. The molecule has 4 nitrogen and oxygen atoms in total. The molecule has 0 bridgehead atoms. The molecule has 0 spiro atoms. The molecule has 0 aliphatic carbocycles. The fourth-order valence-corrected chi connectivity index (χ4v) is 3.62. The number of halogens is 1. The minimum Gasteiger partial charge on any atom is -0.490 e. The van der Waals surface area contributed by atoms with Crippen LogP contribution in [0.4, 0.5) is 0 Å². The zero-order valence-corrected chi connectivity index (χ0v) is 16.3. The van der Waals surface area contributed by atoms with E-state index in [1.807, 2.05) is 19.9 Å². The predicted molar refractivity (Wildman–Crippen MR) is 101 cm³/mol. The van der Waals surface area contributed by atoms with Crippen LogP contribution in [0.1, 0.15) is 35.5 Å². The topological polar surface area (TPSA) is 47.6 Å². The van der Waals surface area contributed by atoms with E-state index in [0.717, 1.165) is 16.6 Å². The van der Waals surface area contributed by atoms with Crippen molar-refractivity contribution in [2.45, 2.75) is 26.7 Å². The third kappa shape index (κ3) is 5.53. The van der Waals surface area contributed by atoms with Gasteiger partial charge in [-0.3, -0.25) is 4.79 Å². The number of benzene rings is 1. The van der Waals surface area contributed by atoms with E-state index in [1.54, 1.807) is 29.5 Å². The lowest BCUT2D eigenvalue weighted by molar-refractivity contribution is 0.0953. The van der Waals surface area contributed by atoms with Crippen molar-refractivity contribution in [3.8, 4) is 11.5 Å². The molecule has 2 rings (SSSR count). The summed E-state index contributed by atoms with van der Waals surface area (Å²) in [5.74, 6) is 1.19. The van der Waals surface area contributed by atoms with Gasteiger partial charge in [0.2, 0.25) is 0 Å². The lowest BCUT2D eigenvalue weighted by atomic mass is 10.2. The maximum Gasteiger partial charge on any atom is 0.251 e. The zero-order valence-electron chi connectivity index (χ0n) is 13.9. The molecular formula is C18H22BrNO3S. The average Bonchev–Trinajstić information content (AvgIpc) is 2.99. The third-order valence-electron chi connectivity index (χ3n) is 3.25. The van der Waals surface area contributed by atoms with Gasteiger partial charge in [0.05, 0.1) is 17.0 Å². The number of amides is 1. The van der Waals surface area contributed by atoms with Crippen molar-refractivity contribution in [3.05, 3.63) is 44.6 Å². The highest BCUT2D eigenvalue weighted by molar-refractivity contribution is 9.11. The molecule has 0 saturated heterocycles. The van der Waals surface area contributed by atoms with Gasteiger partial charge in [-0.25, -0.2) is 0 Å². The van der Waals surface area contributed by atoms with Gasteiger partial charge in [0.15, 0.2) is 11.5 Å². The Bertz CT molecular complexity index is 672. The van der Waals surface area contributed by atoms with Crippen molar-refractivity contribution in [2.75, 3.05) is 19.8 Å². The van der Waals surface area contributed by atoms with Crippen LogP contribution in [-0.4, -0.2) is 25.7 Å². The fraction of sp³-hybridized carbons (Fsp3) is 0.389. The average molecular weight is 412 g/mol. The van der Waals surface area contributed by atoms with Crippen molar-refractivity contribution in [3.63, 3.8) is 0 Å². The molecule has 130 valence electrons. The third-order valence-corrected chi connectivity index (χ3v) is 4.94. The van der Waals surface area contributed by atoms with Crippen molar-refractivity contribution in [1.29, 1.82) is 0 Å². The van der Waals surface area contributed by atoms with Crippen molar-refractivity contribution >= 4 is 33.2 Å². The van der Waals surface area contributed by atoms with Crippen molar-refractivity contribution in [2.24, 2.45) is 0 Å². The van der Waals surface area contributed by atoms with Gasteiger partial charge in [0, 0.05) is 17.0 Å². The van der Waals surface area contributed by atoms with Crippen LogP contribution >= 0.6 is 27.3 Å². The van der Waals surface area contributed by atoms with Gasteiger partial charge in [-0.2, -0.15) is 0 Å². The van der Waals surface area contributed by atoms with Crippen molar-refractivity contribution in [1.82, 2.24) is 5.32 Å². The number of carbonyl (C=O) groups excluding carboxylic acids is 1. The summed E-state index contributed by atoms with van der Waals surface area (Å²) in [5, 5.41) is 2.94. The van der Waals surface area contributed by atoms with Gasteiger partial charge in [0.1, 0.15) is 0 Å². The number of nitrogens with one attached hydrogen (secondary N) is 1. The minimum absolute atomic E-state index is 0.103. The number of hydrogen-bond donors (Lipinski definition) is 1. The van der Waals surface area contributed by atoms with Gasteiger partial charge in [-0.1, -0.05) is 6.92 Å². The summed E-state index contributed by atoms with van der Waals surface area (Å²) >= 11 is 5.12. The summed E-state index contributed by atoms with van der Waals surface area (Å²) in [5.41, 5.74) is 0.578. The molecule has 2 aromatic rings. The van der Waals surface area contributed by atoms with Crippen molar-refractivity contribution < 1.29 is 14.3 Å². The summed E-state index contributed by atoms with van der Waals surface area (Å²) in [6.07, 6.45) is 1.74. The van der Waals surface area contributed by atoms with Crippen LogP contribution in [0.25, 0.3) is 0 Å². The van der Waals surface area contributed by atoms with Gasteiger partial charge >= 0.3 is 0 Å². The largest absolute Gasteiger partial charge is 0.490 e. The molecule has 6 heteroatoms. The Labute approximate surface area is 155 Å². The van der Waals surface area contributed by atoms with Crippen LogP contribution in [0.5, 0.6) is 11.5 Å². The molecule has 24 heavy (non-hydrogen) atoms. The number of hydrogen-bond acceptors (Lipinski definition) is 4. The second-order valence-electron chi connectivity index (χ2n) is 5.15. The van der Waals surface area contributed by atoms with Gasteiger partial charge in [-0.15, -0.1) is 11.3 Å². The lowest BCUT2D eigenvalue weighted by Crippen LogP contribution is -2.25. The van der Waals surface area contributed by atoms with Crippen LogP contribution in [0, 0.1) is 0 Å². The Balaban J connectivity index is 1.96. The predicted octanol–water partition coefficient (Wildman–Crippen LogP) is 4.67. The van der Waals surface area contributed by atoms with Crippen LogP contribution in [0.3, 0.4) is 0 Å². The Morgan fingerprint density at radius 1 is 1.17 bits per heavy atom. The molecule has 0 radical (unpaired) electrons. The Morgan fingerprint density at radius 3 is 2.67 bits per heavy atom. The molecule has 0 fully saturated rings. The first kappa shape index (κ1) is 18.8. The van der Waals surface area contributed by atoms with E-state index in [0.29, 0.717) is 36.8 Å². The smallest absolute Gasteiger partial charge is 0.251 e. The van der Waals surface area contributed by atoms with Gasteiger partial charge in [0.25, 0.3) is 5.91 Å². The van der Waals surface area contributed by atoms with E-state index in [-0.39, 0.29) is 5.91 Å². The highest BCUT2D eigenvalue weighted by Gasteiger charge is 2.11. The fourth-order valence-electron chi connectivity index (χ4n) is 2.14. The second-order valence-corrected chi connectivity index (χ2v) is 7.70. The number of rotatable bonds is 9. The first-order valence-electron chi connectivity index (χ1n) is 8.06. The molecule has 0 atom stereocenters. The summed E-state index contributed by atoms with van der Waals surface area (Å²) in [6, 6.07) is 9.39. The first-order chi connectivity index (χ1) is 11.6. The molecule has 0 saturated carbocycles. The van der Waals surface area contributed by atoms with E-state index < -0.39 is 0 Å². The van der Waals surface area contributed by atoms with E-state index in [2.05, 4.69) is 27.3 Å². The zero-order chi connectivity index (χ0) is 17.4. The summed E-state index contributed by atoms with van der Waals surface area (Å²) in [6.45, 7) is 5.72. The molecule has 0 aliphatic rings. The maximum absolute atomic E-state index is 12.3. The molecule has 0 unspecified atom stereocenters. The standard InChI is InChI=1S/C18H22BrNO3S/c1-3-11-23-15-7-5-13(12-16(15)22-4-2)18(21)20-10-9-14-6-8-17(19)24-14/h5-8,12H,3-4,9-11H2,1-2H3,(H,20,21).